The van der Waals surface area contributed by atoms with E-state index in [0.717, 1.165) is 11.1 Å². The molecular formula is C14H26N4. The molecule has 0 heterocycles. The molecule has 1 rings (SSSR count). The lowest BCUT2D eigenvalue weighted by molar-refractivity contribution is 0.584. The molecule has 102 valence electrons. The van der Waals surface area contributed by atoms with Crippen LogP contribution in [-0.4, -0.2) is 0 Å². The quantitative estimate of drug-likeness (QED) is 0.531. The van der Waals surface area contributed by atoms with Crippen molar-refractivity contribution in [1.29, 1.82) is 0 Å². The van der Waals surface area contributed by atoms with Gasteiger partial charge in [-0.25, -0.2) is 0 Å². The van der Waals surface area contributed by atoms with Crippen LogP contribution >= 0.6 is 0 Å². The van der Waals surface area contributed by atoms with Gasteiger partial charge in [0.2, 0.25) is 0 Å². The Balaban J connectivity index is 3.79. The first-order chi connectivity index (χ1) is 7.89. The van der Waals surface area contributed by atoms with Crippen LogP contribution in [0.4, 0.5) is 22.7 Å². The number of hydrogen-bond acceptors (Lipinski definition) is 4. The fraction of sp³-hybridized carbons (Fsp3) is 0.571. The molecule has 0 atom stereocenters. The van der Waals surface area contributed by atoms with Crippen LogP contribution in [0, 0.1) is 0 Å². The zero-order chi connectivity index (χ0) is 14.5. The van der Waals surface area contributed by atoms with E-state index in [4.69, 9.17) is 22.9 Å². The van der Waals surface area contributed by atoms with Gasteiger partial charge in [0.25, 0.3) is 0 Å². The minimum atomic E-state index is -0.188. The minimum Gasteiger partial charge on any atom is -0.397 e. The highest BCUT2D eigenvalue weighted by atomic mass is 14.8. The van der Waals surface area contributed by atoms with Gasteiger partial charge in [0.1, 0.15) is 0 Å². The summed E-state index contributed by atoms with van der Waals surface area (Å²) in [5.74, 6) is 0. The summed E-state index contributed by atoms with van der Waals surface area (Å²) < 4.78 is 0. The first-order valence-electron chi connectivity index (χ1n) is 6.15. The van der Waals surface area contributed by atoms with Gasteiger partial charge < -0.3 is 22.9 Å². The van der Waals surface area contributed by atoms with Crippen LogP contribution in [0.15, 0.2) is 0 Å². The Morgan fingerprint density at radius 1 is 0.500 bits per heavy atom. The zero-order valence-corrected chi connectivity index (χ0v) is 12.3. The fourth-order valence-electron chi connectivity index (χ4n) is 2.44. The SMILES string of the molecule is CC(C)(C)c1c(N)c(N)c(C(C)(C)C)c(N)c1N. The van der Waals surface area contributed by atoms with Gasteiger partial charge in [0.05, 0.1) is 22.7 Å². The summed E-state index contributed by atoms with van der Waals surface area (Å²) in [4.78, 5) is 0. The molecule has 1 aromatic carbocycles. The molecule has 0 aromatic heterocycles. The lowest BCUT2D eigenvalue weighted by atomic mass is 9.77. The van der Waals surface area contributed by atoms with Crippen molar-refractivity contribution in [1.82, 2.24) is 0 Å². The van der Waals surface area contributed by atoms with Crippen LogP contribution in [-0.2, 0) is 10.8 Å². The third-order valence-corrected chi connectivity index (χ3v) is 3.16. The minimum absolute atomic E-state index is 0.188. The molecule has 1 aromatic rings. The van der Waals surface area contributed by atoms with Gasteiger partial charge in [-0.15, -0.1) is 0 Å². The Bertz CT molecular complexity index is 402. The predicted molar refractivity (Wildman–Crippen MR) is 81.5 cm³/mol. The highest BCUT2D eigenvalue weighted by Crippen LogP contribution is 2.46. The number of hydrogen-bond donors (Lipinski definition) is 4. The molecule has 0 amide bonds. The van der Waals surface area contributed by atoms with Gasteiger partial charge in [-0.3, -0.25) is 0 Å². The van der Waals surface area contributed by atoms with E-state index in [2.05, 4.69) is 0 Å². The van der Waals surface area contributed by atoms with E-state index in [-0.39, 0.29) is 10.8 Å². The van der Waals surface area contributed by atoms with Crippen LogP contribution in [0.5, 0.6) is 0 Å². The van der Waals surface area contributed by atoms with Crippen LogP contribution in [0.3, 0.4) is 0 Å². The second kappa shape index (κ2) is 3.97. The Kier molecular flexibility index (Phi) is 3.19. The maximum Gasteiger partial charge on any atom is 0.0611 e. The number of rotatable bonds is 0. The van der Waals surface area contributed by atoms with E-state index in [1.54, 1.807) is 0 Å². The van der Waals surface area contributed by atoms with Crippen LogP contribution in [0.25, 0.3) is 0 Å². The highest BCUT2D eigenvalue weighted by molar-refractivity contribution is 5.90. The summed E-state index contributed by atoms with van der Waals surface area (Å²) in [6, 6.07) is 0. The van der Waals surface area contributed by atoms with E-state index in [0.29, 0.717) is 22.7 Å². The summed E-state index contributed by atoms with van der Waals surface area (Å²) in [5, 5.41) is 0. The van der Waals surface area contributed by atoms with Crippen molar-refractivity contribution in [3.63, 3.8) is 0 Å². The molecule has 0 aliphatic rings. The van der Waals surface area contributed by atoms with Gasteiger partial charge in [-0.1, -0.05) is 41.5 Å². The third kappa shape index (κ3) is 2.19. The number of nitrogen functional groups attached to an aromatic ring is 4. The number of anilines is 4. The molecule has 0 fully saturated rings. The van der Waals surface area contributed by atoms with Gasteiger partial charge in [0, 0.05) is 11.1 Å². The van der Waals surface area contributed by atoms with Gasteiger partial charge in [-0.2, -0.15) is 0 Å². The normalized spacial score (nSPS) is 12.8. The monoisotopic (exact) mass is 250 g/mol. The van der Waals surface area contributed by atoms with Crippen molar-refractivity contribution >= 4 is 22.7 Å². The molecule has 0 aliphatic heterocycles. The van der Waals surface area contributed by atoms with Crippen molar-refractivity contribution in [2.45, 2.75) is 52.4 Å². The molecule has 0 radical (unpaired) electrons. The average Bonchev–Trinajstić information content (AvgIpc) is 2.10. The molecule has 0 saturated heterocycles. The van der Waals surface area contributed by atoms with Crippen molar-refractivity contribution in [2.75, 3.05) is 22.9 Å². The molecule has 0 aliphatic carbocycles. The largest absolute Gasteiger partial charge is 0.397 e. The van der Waals surface area contributed by atoms with Crippen molar-refractivity contribution in [3.05, 3.63) is 11.1 Å². The molecule has 4 nitrogen and oxygen atoms in total. The van der Waals surface area contributed by atoms with Crippen LogP contribution in [0.1, 0.15) is 52.7 Å². The summed E-state index contributed by atoms with van der Waals surface area (Å²) in [7, 11) is 0. The lowest BCUT2D eigenvalue weighted by Gasteiger charge is -2.31. The fourth-order valence-corrected chi connectivity index (χ4v) is 2.44. The lowest BCUT2D eigenvalue weighted by Crippen LogP contribution is -2.24. The number of nitrogens with two attached hydrogens (primary N) is 4. The predicted octanol–water partition coefficient (Wildman–Crippen LogP) is 2.61. The third-order valence-electron chi connectivity index (χ3n) is 3.16. The summed E-state index contributed by atoms with van der Waals surface area (Å²) in [5.41, 5.74) is 28.2. The Morgan fingerprint density at radius 2 is 0.667 bits per heavy atom. The second-order valence-corrected chi connectivity index (χ2v) is 6.90. The van der Waals surface area contributed by atoms with Gasteiger partial charge in [0.15, 0.2) is 0 Å². The van der Waals surface area contributed by atoms with E-state index < -0.39 is 0 Å². The second-order valence-electron chi connectivity index (χ2n) is 6.90. The van der Waals surface area contributed by atoms with Crippen LogP contribution in [0.2, 0.25) is 0 Å². The molecule has 0 bridgehead atoms. The van der Waals surface area contributed by atoms with E-state index in [1.807, 2.05) is 41.5 Å². The average molecular weight is 250 g/mol. The number of benzene rings is 1. The van der Waals surface area contributed by atoms with Crippen LogP contribution < -0.4 is 22.9 Å². The van der Waals surface area contributed by atoms with E-state index in [9.17, 15) is 0 Å². The summed E-state index contributed by atoms with van der Waals surface area (Å²) >= 11 is 0. The molecule has 0 saturated carbocycles. The van der Waals surface area contributed by atoms with Crippen molar-refractivity contribution in [3.8, 4) is 0 Å². The van der Waals surface area contributed by atoms with Crippen molar-refractivity contribution in [2.24, 2.45) is 0 Å². The Hall–Kier alpha value is -1.58. The van der Waals surface area contributed by atoms with E-state index >= 15 is 0 Å². The Morgan fingerprint density at radius 3 is 0.778 bits per heavy atom. The molecule has 18 heavy (non-hydrogen) atoms. The zero-order valence-electron chi connectivity index (χ0n) is 12.3. The molecular weight excluding hydrogens is 224 g/mol. The molecule has 8 N–H and O–H groups in total. The maximum atomic E-state index is 6.18. The molecule has 4 heteroatoms. The standard InChI is InChI=1S/C14H26N4/c1-13(2,3)7-9(15)11(17)8(14(4,5)6)12(18)10(7)16/h15-18H2,1-6H3. The first kappa shape index (κ1) is 14.5. The van der Waals surface area contributed by atoms with Crippen molar-refractivity contribution < 1.29 is 0 Å². The Labute approximate surface area is 110 Å². The molecule has 0 spiro atoms. The maximum absolute atomic E-state index is 6.18. The first-order valence-corrected chi connectivity index (χ1v) is 6.15. The molecule has 0 unspecified atom stereocenters. The van der Waals surface area contributed by atoms with E-state index in [1.165, 1.54) is 0 Å². The smallest absolute Gasteiger partial charge is 0.0611 e. The van der Waals surface area contributed by atoms with Gasteiger partial charge >= 0.3 is 0 Å². The summed E-state index contributed by atoms with van der Waals surface area (Å²) in [6.45, 7) is 12.3. The topological polar surface area (TPSA) is 104 Å². The summed E-state index contributed by atoms with van der Waals surface area (Å²) in [6.07, 6.45) is 0. The highest BCUT2D eigenvalue weighted by Gasteiger charge is 2.30. The van der Waals surface area contributed by atoms with Gasteiger partial charge in [-0.05, 0) is 10.8 Å².